The maximum atomic E-state index is 14.4. The number of anilines is 1. The number of halogens is 4. The van der Waals surface area contributed by atoms with Crippen LogP contribution in [-0.2, 0) is 16.0 Å². The predicted octanol–water partition coefficient (Wildman–Crippen LogP) is 5.24. The highest BCUT2D eigenvalue weighted by atomic mass is 35.5. The van der Waals surface area contributed by atoms with Crippen molar-refractivity contribution in [2.24, 2.45) is 0 Å². The molecule has 36 heavy (non-hydrogen) atoms. The Labute approximate surface area is 211 Å². The molecule has 0 saturated heterocycles. The van der Waals surface area contributed by atoms with Gasteiger partial charge in [0.05, 0.1) is 0 Å². The molecule has 3 aromatic rings. The van der Waals surface area contributed by atoms with Gasteiger partial charge in [-0.2, -0.15) is 0 Å². The van der Waals surface area contributed by atoms with Crippen molar-refractivity contribution in [2.45, 2.75) is 56.2 Å². The molecule has 2 aromatic carbocycles. The molecule has 5 rings (SSSR count). The van der Waals surface area contributed by atoms with Gasteiger partial charge < -0.3 is 9.88 Å². The number of fused-ring (bicyclic) bond motifs is 1. The molecule has 1 unspecified atom stereocenters. The summed E-state index contributed by atoms with van der Waals surface area (Å²) in [5, 5.41) is 2.87. The van der Waals surface area contributed by atoms with Crippen LogP contribution in [0.5, 0.6) is 0 Å². The number of hydrogen-bond acceptors (Lipinski definition) is 3. The SMILES string of the molecule is O=C(NC1CC(F)(F)C1)C(c1ccccc1Cl)N(C(=O)[C@@H]1CCCc2nccn21)c1cccc(F)c1. The second-order valence-corrected chi connectivity index (χ2v) is 9.65. The summed E-state index contributed by atoms with van der Waals surface area (Å²) in [5.41, 5.74) is 0.466. The summed E-state index contributed by atoms with van der Waals surface area (Å²) in [6.45, 7) is 0. The lowest BCUT2D eigenvalue weighted by Gasteiger charge is -2.39. The van der Waals surface area contributed by atoms with E-state index < -0.39 is 54.5 Å². The Kier molecular flexibility index (Phi) is 6.51. The van der Waals surface area contributed by atoms with Gasteiger partial charge in [-0.15, -0.1) is 0 Å². The van der Waals surface area contributed by atoms with Gasteiger partial charge in [-0.3, -0.25) is 14.5 Å². The minimum atomic E-state index is -2.84. The lowest BCUT2D eigenvalue weighted by Crippen LogP contribution is -2.54. The second kappa shape index (κ2) is 9.61. The zero-order chi connectivity index (χ0) is 25.4. The topological polar surface area (TPSA) is 67.2 Å². The van der Waals surface area contributed by atoms with Gasteiger partial charge in [0.1, 0.15) is 23.7 Å². The first-order valence-electron chi connectivity index (χ1n) is 11.8. The number of carbonyl (C=O) groups excluding carboxylic acids is 2. The highest BCUT2D eigenvalue weighted by Crippen LogP contribution is 2.40. The molecule has 1 aromatic heterocycles. The van der Waals surface area contributed by atoms with Crippen molar-refractivity contribution in [2.75, 3.05) is 4.90 Å². The Morgan fingerprint density at radius 1 is 1.17 bits per heavy atom. The van der Waals surface area contributed by atoms with Crippen molar-refractivity contribution in [1.29, 1.82) is 0 Å². The molecule has 2 amide bonds. The predicted molar refractivity (Wildman–Crippen MR) is 128 cm³/mol. The van der Waals surface area contributed by atoms with E-state index in [1.807, 2.05) is 0 Å². The molecular formula is C26H24ClF3N4O2. The largest absolute Gasteiger partial charge is 0.351 e. The average Bonchev–Trinajstić information content (AvgIpc) is 3.30. The van der Waals surface area contributed by atoms with E-state index in [9.17, 15) is 22.8 Å². The molecule has 1 aliphatic heterocycles. The fraction of sp³-hybridized carbons (Fsp3) is 0.346. The number of aromatic nitrogens is 2. The van der Waals surface area contributed by atoms with Crippen molar-refractivity contribution in [1.82, 2.24) is 14.9 Å². The van der Waals surface area contributed by atoms with E-state index in [2.05, 4.69) is 10.3 Å². The highest BCUT2D eigenvalue weighted by Gasteiger charge is 2.47. The smallest absolute Gasteiger partial charge is 0.252 e. The van der Waals surface area contributed by atoms with Crippen molar-refractivity contribution >= 4 is 29.1 Å². The zero-order valence-electron chi connectivity index (χ0n) is 19.2. The second-order valence-electron chi connectivity index (χ2n) is 9.24. The first kappa shape index (κ1) is 24.4. The molecule has 2 aliphatic rings. The van der Waals surface area contributed by atoms with E-state index in [-0.39, 0.29) is 10.7 Å². The molecule has 1 aliphatic carbocycles. The van der Waals surface area contributed by atoms with Gasteiger partial charge in [0, 0.05) is 54.0 Å². The summed E-state index contributed by atoms with van der Waals surface area (Å²) < 4.78 is 43.1. The number of nitrogens with zero attached hydrogens (tertiary/aromatic N) is 3. The van der Waals surface area contributed by atoms with Crippen LogP contribution in [0.1, 0.15) is 49.2 Å². The molecule has 1 saturated carbocycles. The Bertz CT molecular complexity index is 1290. The fourth-order valence-corrected chi connectivity index (χ4v) is 5.22. The zero-order valence-corrected chi connectivity index (χ0v) is 20.0. The van der Waals surface area contributed by atoms with E-state index in [1.54, 1.807) is 41.2 Å². The summed E-state index contributed by atoms with van der Waals surface area (Å²) in [6.07, 6.45) is 4.28. The van der Waals surface area contributed by atoms with E-state index in [4.69, 9.17) is 11.6 Å². The van der Waals surface area contributed by atoms with Crippen LogP contribution < -0.4 is 10.2 Å². The maximum absolute atomic E-state index is 14.4. The Balaban J connectivity index is 1.60. The molecule has 0 radical (unpaired) electrons. The van der Waals surface area contributed by atoms with Crippen LogP contribution in [0.15, 0.2) is 60.9 Å². The molecule has 188 valence electrons. The summed E-state index contributed by atoms with van der Waals surface area (Å²) in [4.78, 5) is 33.4. The Morgan fingerprint density at radius 2 is 1.94 bits per heavy atom. The summed E-state index contributed by atoms with van der Waals surface area (Å²) in [6, 6.07) is 9.20. The van der Waals surface area contributed by atoms with Gasteiger partial charge in [-0.05, 0) is 37.1 Å². The number of aryl methyl sites for hydroxylation is 1. The Morgan fingerprint density at radius 3 is 2.67 bits per heavy atom. The molecule has 0 bridgehead atoms. The van der Waals surface area contributed by atoms with E-state index in [0.717, 1.165) is 5.82 Å². The molecule has 2 atom stereocenters. The third-order valence-corrected chi connectivity index (χ3v) is 7.06. The number of carbonyl (C=O) groups is 2. The maximum Gasteiger partial charge on any atom is 0.252 e. The number of hydrogen-bond donors (Lipinski definition) is 1. The summed E-state index contributed by atoms with van der Waals surface area (Å²) in [7, 11) is 0. The van der Waals surface area contributed by atoms with E-state index >= 15 is 0 Å². The molecule has 1 N–H and O–H groups in total. The van der Waals surface area contributed by atoms with Crippen LogP contribution in [0.2, 0.25) is 5.02 Å². The third kappa shape index (κ3) is 4.72. The molecule has 0 spiro atoms. The standard InChI is InChI=1S/C26H24ClF3N4O2/c27-20-8-2-1-7-19(20)23(24(35)32-17-14-26(29,30)15-17)34(18-6-3-5-16(28)13-18)25(36)21-9-4-10-22-31-11-12-33(21)22/h1-3,5-8,11-13,17,21,23H,4,9-10,14-15H2,(H,32,35)/t21-,23?/m0/s1. The first-order chi connectivity index (χ1) is 17.2. The van der Waals surface area contributed by atoms with Crippen LogP contribution in [-0.4, -0.2) is 33.3 Å². The van der Waals surface area contributed by atoms with Crippen molar-refractivity contribution in [3.05, 3.63) is 83.2 Å². The molecule has 1 fully saturated rings. The number of benzene rings is 2. The molecule has 10 heteroatoms. The lowest BCUT2D eigenvalue weighted by molar-refractivity contribution is -0.133. The third-order valence-electron chi connectivity index (χ3n) is 6.71. The van der Waals surface area contributed by atoms with Crippen LogP contribution in [0.4, 0.5) is 18.9 Å². The average molecular weight is 517 g/mol. The van der Waals surface area contributed by atoms with Gasteiger partial charge in [0.25, 0.3) is 11.8 Å². The van der Waals surface area contributed by atoms with Crippen LogP contribution in [0.25, 0.3) is 0 Å². The number of rotatable bonds is 6. The molecule has 2 heterocycles. The van der Waals surface area contributed by atoms with Gasteiger partial charge in [-0.1, -0.05) is 35.9 Å². The van der Waals surface area contributed by atoms with Crippen molar-refractivity contribution in [3.8, 4) is 0 Å². The quantitative estimate of drug-likeness (QED) is 0.487. The molecular weight excluding hydrogens is 493 g/mol. The minimum absolute atomic E-state index is 0.159. The first-order valence-corrected chi connectivity index (χ1v) is 12.1. The van der Waals surface area contributed by atoms with Crippen LogP contribution >= 0.6 is 11.6 Å². The number of alkyl halides is 2. The fourth-order valence-electron chi connectivity index (χ4n) is 4.98. The summed E-state index contributed by atoms with van der Waals surface area (Å²) >= 11 is 6.48. The monoisotopic (exact) mass is 516 g/mol. The van der Waals surface area contributed by atoms with Gasteiger partial charge in [0.15, 0.2) is 0 Å². The van der Waals surface area contributed by atoms with E-state index in [1.165, 1.54) is 29.2 Å². The lowest BCUT2D eigenvalue weighted by atomic mass is 9.87. The van der Waals surface area contributed by atoms with Crippen molar-refractivity contribution < 1.29 is 22.8 Å². The van der Waals surface area contributed by atoms with Gasteiger partial charge in [0.2, 0.25) is 5.91 Å². The minimum Gasteiger partial charge on any atom is -0.351 e. The van der Waals surface area contributed by atoms with Gasteiger partial charge >= 0.3 is 0 Å². The summed E-state index contributed by atoms with van der Waals surface area (Å²) in [5.74, 6) is -3.79. The number of imidazole rings is 1. The molecule has 6 nitrogen and oxygen atoms in total. The Hall–Kier alpha value is -3.33. The van der Waals surface area contributed by atoms with Crippen LogP contribution in [0.3, 0.4) is 0 Å². The van der Waals surface area contributed by atoms with Gasteiger partial charge in [-0.25, -0.2) is 18.2 Å². The number of amides is 2. The highest BCUT2D eigenvalue weighted by molar-refractivity contribution is 6.31. The van der Waals surface area contributed by atoms with Crippen molar-refractivity contribution in [3.63, 3.8) is 0 Å². The normalized spacial score (nSPS) is 19.6. The number of nitrogens with one attached hydrogen (secondary N) is 1. The van der Waals surface area contributed by atoms with E-state index in [0.29, 0.717) is 24.8 Å². The van der Waals surface area contributed by atoms with Crippen LogP contribution in [0, 0.1) is 5.82 Å².